The van der Waals surface area contributed by atoms with E-state index < -0.39 is 5.97 Å². The van der Waals surface area contributed by atoms with Gasteiger partial charge in [0.05, 0.1) is 11.3 Å². The normalized spacial score (nSPS) is 10.4. The van der Waals surface area contributed by atoms with E-state index >= 15 is 0 Å². The molecule has 0 spiro atoms. The summed E-state index contributed by atoms with van der Waals surface area (Å²) >= 11 is 0. The molecule has 1 aromatic carbocycles. The standard InChI is InChI=1S/C8H8N2O2/c1-9-10-7-5-3-2-4-6(7)8(11)12/h2-5H,1H3,(H,11,12)/b10-9+. The van der Waals surface area contributed by atoms with Crippen molar-refractivity contribution in [1.29, 1.82) is 0 Å². The summed E-state index contributed by atoms with van der Waals surface area (Å²) in [5.41, 5.74) is 0.551. The van der Waals surface area contributed by atoms with Crippen LogP contribution in [0.25, 0.3) is 0 Å². The number of azo groups is 1. The Morgan fingerprint density at radius 1 is 1.42 bits per heavy atom. The topological polar surface area (TPSA) is 62.0 Å². The Labute approximate surface area is 69.6 Å². The molecule has 0 aliphatic carbocycles. The fraction of sp³-hybridized carbons (Fsp3) is 0.125. The molecule has 1 aromatic rings. The maximum atomic E-state index is 10.6. The Morgan fingerprint density at radius 2 is 2.08 bits per heavy atom. The molecule has 0 aliphatic heterocycles. The van der Waals surface area contributed by atoms with Gasteiger partial charge in [0.25, 0.3) is 0 Å². The van der Waals surface area contributed by atoms with Crippen LogP contribution in [-0.2, 0) is 0 Å². The summed E-state index contributed by atoms with van der Waals surface area (Å²) < 4.78 is 0. The lowest BCUT2D eigenvalue weighted by atomic mass is 10.2. The number of hydrogen-bond acceptors (Lipinski definition) is 3. The molecule has 1 rings (SSSR count). The first-order chi connectivity index (χ1) is 5.75. The molecule has 62 valence electrons. The molecule has 0 aromatic heterocycles. The zero-order chi connectivity index (χ0) is 8.97. The molecular weight excluding hydrogens is 156 g/mol. The van der Waals surface area contributed by atoms with Gasteiger partial charge in [-0.3, -0.25) is 0 Å². The summed E-state index contributed by atoms with van der Waals surface area (Å²) in [6.45, 7) is 0. The molecule has 0 heterocycles. The number of benzene rings is 1. The number of nitrogens with zero attached hydrogens (tertiary/aromatic N) is 2. The van der Waals surface area contributed by atoms with E-state index in [-0.39, 0.29) is 5.56 Å². The molecule has 4 nitrogen and oxygen atoms in total. The molecule has 12 heavy (non-hydrogen) atoms. The largest absolute Gasteiger partial charge is 0.478 e. The highest BCUT2D eigenvalue weighted by atomic mass is 16.4. The average molecular weight is 164 g/mol. The van der Waals surface area contributed by atoms with Crippen LogP contribution in [0, 0.1) is 0 Å². The summed E-state index contributed by atoms with van der Waals surface area (Å²) in [6.07, 6.45) is 0. The highest BCUT2D eigenvalue weighted by molar-refractivity contribution is 5.93. The monoisotopic (exact) mass is 164 g/mol. The number of carboxylic acids is 1. The van der Waals surface area contributed by atoms with E-state index in [1.54, 1.807) is 18.2 Å². The summed E-state index contributed by atoms with van der Waals surface area (Å²) in [4.78, 5) is 10.6. The number of hydrogen-bond donors (Lipinski definition) is 1. The summed E-state index contributed by atoms with van der Waals surface area (Å²) in [7, 11) is 1.50. The smallest absolute Gasteiger partial charge is 0.337 e. The molecule has 0 saturated heterocycles. The first-order valence-electron chi connectivity index (χ1n) is 3.38. The van der Waals surface area contributed by atoms with E-state index in [1.165, 1.54) is 13.1 Å². The van der Waals surface area contributed by atoms with Crippen LogP contribution in [0.5, 0.6) is 0 Å². The van der Waals surface area contributed by atoms with Gasteiger partial charge in [-0.2, -0.15) is 10.2 Å². The van der Waals surface area contributed by atoms with Crippen molar-refractivity contribution in [2.45, 2.75) is 0 Å². The third kappa shape index (κ3) is 1.66. The van der Waals surface area contributed by atoms with Crippen LogP contribution >= 0.6 is 0 Å². The van der Waals surface area contributed by atoms with Gasteiger partial charge in [0.2, 0.25) is 0 Å². The van der Waals surface area contributed by atoms with Gasteiger partial charge in [-0.25, -0.2) is 4.79 Å². The Bertz CT molecular complexity index is 321. The first-order valence-corrected chi connectivity index (χ1v) is 3.38. The SMILES string of the molecule is C/N=N/c1ccccc1C(=O)O. The van der Waals surface area contributed by atoms with Gasteiger partial charge in [0.15, 0.2) is 0 Å². The molecule has 0 fully saturated rings. The lowest BCUT2D eigenvalue weighted by Crippen LogP contribution is -1.95. The van der Waals surface area contributed by atoms with Crippen LogP contribution in [-0.4, -0.2) is 18.1 Å². The zero-order valence-corrected chi connectivity index (χ0v) is 6.56. The third-order valence-corrected chi connectivity index (χ3v) is 1.34. The van der Waals surface area contributed by atoms with E-state index in [1.807, 2.05) is 0 Å². The van der Waals surface area contributed by atoms with Crippen LogP contribution in [0.1, 0.15) is 10.4 Å². The molecule has 0 atom stereocenters. The van der Waals surface area contributed by atoms with Crippen LogP contribution in [0.15, 0.2) is 34.5 Å². The van der Waals surface area contributed by atoms with Gasteiger partial charge in [0.1, 0.15) is 0 Å². The Balaban J connectivity index is 3.17. The number of rotatable bonds is 2. The fourth-order valence-electron chi connectivity index (χ4n) is 0.849. The fourth-order valence-corrected chi connectivity index (χ4v) is 0.849. The van der Waals surface area contributed by atoms with Crippen LogP contribution in [0.4, 0.5) is 5.69 Å². The van der Waals surface area contributed by atoms with Gasteiger partial charge in [-0.1, -0.05) is 12.1 Å². The lowest BCUT2D eigenvalue weighted by molar-refractivity contribution is 0.0698. The predicted molar refractivity (Wildman–Crippen MR) is 43.8 cm³/mol. The lowest BCUT2D eigenvalue weighted by Gasteiger charge is -1.96. The first kappa shape index (κ1) is 8.39. The molecule has 0 saturated carbocycles. The van der Waals surface area contributed by atoms with E-state index in [4.69, 9.17) is 5.11 Å². The van der Waals surface area contributed by atoms with Crippen molar-refractivity contribution in [3.05, 3.63) is 29.8 Å². The molecule has 0 unspecified atom stereocenters. The molecular formula is C8H8N2O2. The second-order valence-electron chi connectivity index (χ2n) is 2.12. The summed E-state index contributed by atoms with van der Waals surface area (Å²) in [5.74, 6) is -0.988. The van der Waals surface area contributed by atoms with Crippen molar-refractivity contribution in [2.24, 2.45) is 10.2 Å². The summed E-state index contributed by atoms with van der Waals surface area (Å²) in [6, 6.07) is 6.47. The van der Waals surface area contributed by atoms with E-state index in [9.17, 15) is 4.79 Å². The van der Waals surface area contributed by atoms with Gasteiger partial charge in [-0.05, 0) is 12.1 Å². The Hall–Kier alpha value is -1.71. The van der Waals surface area contributed by atoms with E-state index in [0.717, 1.165) is 0 Å². The van der Waals surface area contributed by atoms with Crippen molar-refractivity contribution in [2.75, 3.05) is 7.05 Å². The van der Waals surface area contributed by atoms with Gasteiger partial charge >= 0.3 is 5.97 Å². The van der Waals surface area contributed by atoms with Crippen molar-refractivity contribution >= 4 is 11.7 Å². The highest BCUT2D eigenvalue weighted by Crippen LogP contribution is 2.18. The highest BCUT2D eigenvalue weighted by Gasteiger charge is 2.06. The van der Waals surface area contributed by atoms with Crippen LogP contribution in [0.2, 0.25) is 0 Å². The van der Waals surface area contributed by atoms with Crippen LogP contribution < -0.4 is 0 Å². The third-order valence-electron chi connectivity index (χ3n) is 1.34. The zero-order valence-electron chi connectivity index (χ0n) is 6.56. The number of carboxylic acid groups (broad SMARTS) is 1. The quantitative estimate of drug-likeness (QED) is 0.680. The molecule has 1 N–H and O–H groups in total. The second-order valence-corrected chi connectivity index (χ2v) is 2.12. The minimum atomic E-state index is -0.988. The van der Waals surface area contributed by atoms with Gasteiger partial charge in [0, 0.05) is 7.05 Å². The van der Waals surface area contributed by atoms with Crippen molar-refractivity contribution in [3.8, 4) is 0 Å². The van der Waals surface area contributed by atoms with Crippen molar-refractivity contribution < 1.29 is 9.90 Å². The molecule has 0 radical (unpaired) electrons. The summed E-state index contributed by atoms with van der Waals surface area (Å²) in [5, 5.41) is 15.9. The number of aromatic carboxylic acids is 1. The minimum Gasteiger partial charge on any atom is -0.478 e. The van der Waals surface area contributed by atoms with Gasteiger partial charge < -0.3 is 5.11 Å². The van der Waals surface area contributed by atoms with E-state index in [0.29, 0.717) is 5.69 Å². The molecule has 0 bridgehead atoms. The second kappa shape index (κ2) is 3.61. The van der Waals surface area contributed by atoms with Crippen molar-refractivity contribution in [1.82, 2.24) is 0 Å². The maximum absolute atomic E-state index is 10.6. The molecule has 4 heteroatoms. The predicted octanol–water partition coefficient (Wildman–Crippen LogP) is 2.10. The minimum absolute atomic E-state index is 0.170. The Kier molecular flexibility index (Phi) is 2.53. The Morgan fingerprint density at radius 3 is 2.67 bits per heavy atom. The van der Waals surface area contributed by atoms with Crippen molar-refractivity contribution in [3.63, 3.8) is 0 Å². The number of carbonyl (C=O) groups is 1. The van der Waals surface area contributed by atoms with Gasteiger partial charge in [-0.15, -0.1) is 0 Å². The molecule has 0 amide bonds. The maximum Gasteiger partial charge on any atom is 0.337 e. The van der Waals surface area contributed by atoms with Crippen LogP contribution in [0.3, 0.4) is 0 Å². The molecule has 0 aliphatic rings. The average Bonchev–Trinajstić information content (AvgIpc) is 2.05. The van der Waals surface area contributed by atoms with E-state index in [2.05, 4.69) is 10.2 Å².